The summed E-state index contributed by atoms with van der Waals surface area (Å²) >= 11 is 0. The van der Waals surface area contributed by atoms with Crippen molar-refractivity contribution in [1.82, 2.24) is 19.4 Å². The topological polar surface area (TPSA) is 67.2 Å². The highest BCUT2D eigenvalue weighted by atomic mass is 32.2. The number of nitrogens with one attached hydrogen (secondary N) is 1. The lowest BCUT2D eigenvalue weighted by Gasteiger charge is -2.38. The molecule has 1 aliphatic rings. The molecule has 0 bridgehead atoms. The van der Waals surface area contributed by atoms with Gasteiger partial charge in [0, 0.05) is 31.9 Å². The van der Waals surface area contributed by atoms with Crippen LogP contribution >= 0.6 is 0 Å². The van der Waals surface area contributed by atoms with E-state index in [4.69, 9.17) is 0 Å². The van der Waals surface area contributed by atoms with Gasteiger partial charge >= 0.3 is 0 Å². The average Bonchev–Trinajstić information content (AvgIpc) is 2.92. The minimum Gasteiger partial charge on any atom is -0.313 e. The first-order valence-corrected chi connectivity index (χ1v) is 9.14. The summed E-state index contributed by atoms with van der Waals surface area (Å²) in [5.74, 6) is 0. The van der Waals surface area contributed by atoms with Crippen molar-refractivity contribution in [3.8, 4) is 0 Å². The largest absolute Gasteiger partial charge is 0.313 e. The van der Waals surface area contributed by atoms with Crippen LogP contribution in [0.1, 0.15) is 39.5 Å². The second-order valence-electron chi connectivity index (χ2n) is 5.77. The Labute approximate surface area is 127 Å². The van der Waals surface area contributed by atoms with Crippen molar-refractivity contribution < 1.29 is 8.42 Å². The van der Waals surface area contributed by atoms with E-state index in [-0.39, 0.29) is 12.1 Å². The van der Waals surface area contributed by atoms with E-state index in [2.05, 4.69) is 24.3 Å². The molecule has 2 unspecified atom stereocenters. The Kier molecular flexibility index (Phi) is 5.40. The molecule has 0 aliphatic carbocycles. The lowest BCUT2D eigenvalue weighted by Crippen LogP contribution is -2.53. The zero-order chi connectivity index (χ0) is 15.5. The molecule has 0 spiro atoms. The van der Waals surface area contributed by atoms with E-state index < -0.39 is 10.0 Å². The highest BCUT2D eigenvalue weighted by Crippen LogP contribution is 2.26. The van der Waals surface area contributed by atoms with Gasteiger partial charge in [-0.05, 0) is 32.7 Å². The van der Waals surface area contributed by atoms with Crippen molar-refractivity contribution in [2.75, 3.05) is 13.1 Å². The first-order chi connectivity index (χ1) is 9.96. The minimum absolute atomic E-state index is 0.0236. The Morgan fingerprint density at radius 2 is 2.24 bits per heavy atom. The van der Waals surface area contributed by atoms with E-state index in [1.165, 1.54) is 10.9 Å². The molecule has 7 heteroatoms. The lowest BCUT2D eigenvalue weighted by atomic mass is 9.99. The standard InChI is InChI=1S/C14H26N4O2S/c1-4-8-15-12(2)14-7-5-6-9-18(14)21(19,20)13-10-16-17(3)11-13/h10-12,14-15H,4-9H2,1-3H3. The summed E-state index contributed by atoms with van der Waals surface area (Å²) in [6, 6.07) is 0.187. The van der Waals surface area contributed by atoms with Crippen molar-refractivity contribution in [3.63, 3.8) is 0 Å². The Bertz CT molecular complexity index is 555. The van der Waals surface area contributed by atoms with Crippen LogP contribution in [0.3, 0.4) is 0 Å². The third-order valence-corrected chi connectivity index (χ3v) is 5.96. The smallest absolute Gasteiger partial charge is 0.246 e. The van der Waals surface area contributed by atoms with Gasteiger partial charge in [-0.25, -0.2) is 8.42 Å². The first-order valence-electron chi connectivity index (χ1n) is 7.70. The van der Waals surface area contributed by atoms with Gasteiger partial charge in [0.1, 0.15) is 4.90 Å². The van der Waals surface area contributed by atoms with Crippen LogP contribution in [0.25, 0.3) is 0 Å². The van der Waals surface area contributed by atoms with Crippen molar-refractivity contribution in [2.45, 2.75) is 56.5 Å². The summed E-state index contributed by atoms with van der Waals surface area (Å²) in [6.07, 6.45) is 6.98. The molecule has 2 heterocycles. The fraction of sp³-hybridized carbons (Fsp3) is 0.786. The SMILES string of the molecule is CCCNC(C)C1CCCCN1S(=O)(=O)c1cnn(C)c1. The molecule has 6 nitrogen and oxygen atoms in total. The molecule has 120 valence electrons. The molecular formula is C14H26N4O2S. The molecule has 2 atom stereocenters. The summed E-state index contributed by atoms with van der Waals surface area (Å²) in [4.78, 5) is 0.291. The first kappa shape index (κ1) is 16.5. The molecule has 21 heavy (non-hydrogen) atoms. The van der Waals surface area contributed by atoms with Gasteiger partial charge in [0.2, 0.25) is 10.0 Å². The van der Waals surface area contributed by atoms with Crippen LogP contribution in [0.15, 0.2) is 17.3 Å². The van der Waals surface area contributed by atoms with Crippen LogP contribution in [0, 0.1) is 0 Å². The maximum atomic E-state index is 12.8. The fourth-order valence-electron chi connectivity index (χ4n) is 2.90. The van der Waals surface area contributed by atoms with Gasteiger partial charge in [-0.3, -0.25) is 4.68 Å². The Morgan fingerprint density at radius 1 is 1.48 bits per heavy atom. The highest BCUT2D eigenvalue weighted by molar-refractivity contribution is 7.89. The molecular weight excluding hydrogens is 288 g/mol. The van der Waals surface area contributed by atoms with E-state index in [1.807, 2.05) is 0 Å². The van der Waals surface area contributed by atoms with Crippen LogP contribution in [0.2, 0.25) is 0 Å². The van der Waals surface area contributed by atoms with Gasteiger partial charge in [0.25, 0.3) is 0 Å². The van der Waals surface area contributed by atoms with E-state index >= 15 is 0 Å². The molecule has 0 radical (unpaired) electrons. The third-order valence-electron chi connectivity index (χ3n) is 4.08. The summed E-state index contributed by atoms with van der Waals surface area (Å²) in [5.41, 5.74) is 0. The zero-order valence-electron chi connectivity index (χ0n) is 13.1. The normalized spacial score (nSPS) is 22.3. The number of rotatable bonds is 6. The van der Waals surface area contributed by atoms with E-state index in [1.54, 1.807) is 17.5 Å². The molecule has 1 fully saturated rings. The number of sulfonamides is 1. The van der Waals surface area contributed by atoms with E-state index in [0.29, 0.717) is 11.4 Å². The van der Waals surface area contributed by atoms with Crippen LogP contribution in [0.5, 0.6) is 0 Å². The number of aryl methyl sites for hydroxylation is 1. The van der Waals surface area contributed by atoms with Crippen LogP contribution in [-0.2, 0) is 17.1 Å². The Morgan fingerprint density at radius 3 is 2.86 bits per heavy atom. The van der Waals surface area contributed by atoms with E-state index in [9.17, 15) is 8.42 Å². The molecule has 1 aromatic rings. The molecule has 0 amide bonds. The van der Waals surface area contributed by atoms with Crippen molar-refractivity contribution >= 4 is 10.0 Å². The second-order valence-corrected chi connectivity index (χ2v) is 7.66. The molecule has 1 saturated heterocycles. The lowest BCUT2D eigenvalue weighted by molar-refractivity contribution is 0.208. The summed E-state index contributed by atoms with van der Waals surface area (Å²) in [5, 5.41) is 7.43. The summed E-state index contributed by atoms with van der Waals surface area (Å²) in [6.45, 7) is 5.71. The van der Waals surface area contributed by atoms with Gasteiger partial charge in [-0.15, -0.1) is 0 Å². The molecule has 1 N–H and O–H groups in total. The Hall–Kier alpha value is -0.920. The highest BCUT2D eigenvalue weighted by Gasteiger charge is 2.36. The average molecular weight is 314 g/mol. The van der Waals surface area contributed by atoms with Gasteiger partial charge in [0.15, 0.2) is 0 Å². The van der Waals surface area contributed by atoms with E-state index in [0.717, 1.165) is 32.2 Å². The Balaban J connectivity index is 2.21. The zero-order valence-corrected chi connectivity index (χ0v) is 13.9. The number of piperidine rings is 1. The predicted molar refractivity (Wildman–Crippen MR) is 82.5 cm³/mol. The number of hydrogen-bond donors (Lipinski definition) is 1. The van der Waals surface area contributed by atoms with Crippen LogP contribution in [-0.4, -0.2) is 47.7 Å². The monoisotopic (exact) mass is 314 g/mol. The van der Waals surface area contributed by atoms with Gasteiger partial charge in [0.05, 0.1) is 6.20 Å². The van der Waals surface area contributed by atoms with Crippen molar-refractivity contribution in [2.24, 2.45) is 7.05 Å². The third kappa shape index (κ3) is 3.64. The fourth-order valence-corrected chi connectivity index (χ4v) is 4.66. The number of nitrogens with zero attached hydrogens (tertiary/aromatic N) is 3. The quantitative estimate of drug-likeness (QED) is 0.861. The summed E-state index contributed by atoms with van der Waals surface area (Å²) in [7, 11) is -1.72. The maximum Gasteiger partial charge on any atom is 0.246 e. The molecule has 1 aromatic heterocycles. The number of hydrogen-bond acceptors (Lipinski definition) is 4. The van der Waals surface area contributed by atoms with Crippen LogP contribution < -0.4 is 5.32 Å². The van der Waals surface area contributed by atoms with Gasteiger partial charge in [-0.1, -0.05) is 13.3 Å². The van der Waals surface area contributed by atoms with Crippen molar-refractivity contribution in [1.29, 1.82) is 0 Å². The number of aromatic nitrogens is 2. The molecule has 0 saturated carbocycles. The molecule has 0 aromatic carbocycles. The predicted octanol–water partition coefficient (Wildman–Crippen LogP) is 1.35. The van der Waals surface area contributed by atoms with Crippen LogP contribution in [0.4, 0.5) is 0 Å². The minimum atomic E-state index is -3.45. The van der Waals surface area contributed by atoms with Gasteiger partial charge in [-0.2, -0.15) is 9.40 Å². The van der Waals surface area contributed by atoms with Gasteiger partial charge < -0.3 is 5.32 Å². The maximum absolute atomic E-state index is 12.8. The molecule has 2 rings (SSSR count). The summed E-state index contributed by atoms with van der Waals surface area (Å²) < 4.78 is 28.9. The molecule has 1 aliphatic heterocycles. The second kappa shape index (κ2) is 6.89. The van der Waals surface area contributed by atoms with Crippen molar-refractivity contribution in [3.05, 3.63) is 12.4 Å².